The second-order valence-electron chi connectivity index (χ2n) is 7.39. The molecule has 2 fully saturated rings. The van der Waals surface area contributed by atoms with Crippen LogP contribution in [0.2, 0.25) is 0 Å². The van der Waals surface area contributed by atoms with Crippen LogP contribution < -0.4 is 20.5 Å². The van der Waals surface area contributed by atoms with Crippen molar-refractivity contribution in [3.8, 4) is 0 Å². The molecule has 0 aliphatic carbocycles. The zero-order valence-electron chi connectivity index (χ0n) is 16.6. The Labute approximate surface area is 172 Å². The van der Waals surface area contributed by atoms with Gasteiger partial charge in [0.1, 0.15) is 18.9 Å². The summed E-state index contributed by atoms with van der Waals surface area (Å²) in [5, 5.41) is 7.96. The number of rotatable bonds is 7. The Balaban J connectivity index is 1.41. The van der Waals surface area contributed by atoms with Gasteiger partial charge in [-0.2, -0.15) is 5.10 Å². The van der Waals surface area contributed by atoms with E-state index in [1.54, 1.807) is 11.0 Å². The summed E-state index contributed by atoms with van der Waals surface area (Å²) in [6.45, 7) is 9.51. The molecule has 0 spiro atoms. The minimum Gasteiger partial charge on any atom is -0.370 e. The molecule has 1 aromatic carbocycles. The first-order valence-electron chi connectivity index (χ1n) is 10.2. The van der Waals surface area contributed by atoms with Gasteiger partial charge in [0.25, 0.3) is 0 Å². The number of hydrogen-bond donors (Lipinski definition) is 3. The van der Waals surface area contributed by atoms with Crippen LogP contribution in [0.15, 0.2) is 23.3 Å². The predicted molar refractivity (Wildman–Crippen MR) is 115 cm³/mol. The summed E-state index contributed by atoms with van der Waals surface area (Å²) in [5.41, 5.74) is 5.00. The smallest absolute Gasteiger partial charge is 0.186 e. The summed E-state index contributed by atoms with van der Waals surface area (Å²) in [4.78, 5) is 3.68. The Hall–Kier alpha value is -1.77. The van der Waals surface area contributed by atoms with E-state index in [9.17, 15) is 4.39 Å². The van der Waals surface area contributed by atoms with Crippen LogP contribution in [-0.4, -0.2) is 63.3 Å². The molecule has 0 aromatic heterocycles. The molecule has 6 nitrogen and oxygen atoms in total. The first kappa shape index (κ1) is 21.0. The van der Waals surface area contributed by atoms with E-state index in [4.69, 9.17) is 17.0 Å². The van der Waals surface area contributed by atoms with Crippen molar-refractivity contribution in [1.82, 2.24) is 10.7 Å². The normalized spacial score (nSPS) is 18.4. The number of hydrazone groups is 1. The summed E-state index contributed by atoms with van der Waals surface area (Å²) in [5.74, 6) is -0.194. The van der Waals surface area contributed by atoms with Gasteiger partial charge in [0.15, 0.2) is 5.11 Å². The lowest BCUT2D eigenvalue weighted by molar-refractivity contribution is -0.908. The Kier molecular flexibility index (Phi) is 8.00. The maximum Gasteiger partial charge on any atom is 0.186 e. The van der Waals surface area contributed by atoms with Crippen LogP contribution in [0.25, 0.3) is 0 Å². The fourth-order valence-corrected chi connectivity index (χ4v) is 3.78. The summed E-state index contributed by atoms with van der Waals surface area (Å²) < 4.78 is 19.8. The molecule has 0 bridgehead atoms. The zero-order valence-corrected chi connectivity index (χ0v) is 17.4. The highest BCUT2D eigenvalue weighted by molar-refractivity contribution is 7.80. The van der Waals surface area contributed by atoms with Gasteiger partial charge in [-0.15, -0.1) is 0 Å². The first-order valence-corrected chi connectivity index (χ1v) is 10.6. The van der Waals surface area contributed by atoms with Gasteiger partial charge in [0.2, 0.25) is 0 Å². The summed E-state index contributed by atoms with van der Waals surface area (Å²) in [7, 11) is 0. The number of halogens is 1. The SMILES string of the molecule is C/C(=N/NC(=S)NCCC[NH+]1CCOCC1)c1ccc(N2CCCC2)c(F)c1. The summed E-state index contributed by atoms with van der Waals surface area (Å²) in [6, 6.07) is 5.31. The van der Waals surface area contributed by atoms with Gasteiger partial charge in [0, 0.05) is 31.6 Å². The standard InChI is InChI=1S/C20H30FN5OS/c1-16(17-5-6-19(18(21)15-17)26-9-2-3-10-26)23-24-20(28)22-7-4-8-25-11-13-27-14-12-25/h5-6,15H,2-4,7-14H2,1H3,(H2,22,24,28)/p+1/b23-16-. The fourth-order valence-electron chi connectivity index (χ4n) is 3.64. The Morgan fingerprint density at radius 3 is 2.75 bits per heavy atom. The van der Waals surface area contributed by atoms with Crippen LogP contribution in [0.3, 0.4) is 0 Å². The highest BCUT2D eigenvalue weighted by Crippen LogP contribution is 2.24. The van der Waals surface area contributed by atoms with Gasteiger partial charge in [-0.1, -0.05) is 6.07 Å². The molecule has 2 saturated heterocycles. The van der Waals surface area contributed by atoms with Crippen molar-refractivity contribution in [2.45, 2.75) is 26.2 Å². The zero-order chi connectivity index (χ0) is 19.8. The number of anilines is 1. The number of nitrogens with zero attached hydrogens (tertiary/aromatic N) is 2. The lowest BCUT2D eigenvalue weighted by Gasteiger charge is -2.23. The van der Waals surface area contributed by atoms with Crippen molar-refractivity contribution in [1.29, 1.82) is 0 Å². The number of thiocarbonyl (C=S) groups is 1. The molecule has 0 atom stereocenters. The Bertz CT molecular complexity index is 687. The number of morpholine rings is 1. The number of quaternary nitrogens is 1. The van der Waals surface area contributed by atoms with E-state index in [-0.39, 0.29) is 5.82 Å². The van der Waals surface area contributed by atoms with E-state index in [1.807, 2.05) is 19.1 Å². The molecule has 1 aromatic rings. The van der Waals surface area contributed by atoms with E-state index in [0.717, 1.165) is 77.3 Å². The van der Waals surface area contributed by atoms with Crippen molar-refractivity contribution in [3.05, 3.63) is 29.6 Å². The van der Waals surface area contributed by atoms with Gasteiger partial charge < -0.3 is 19.9 Å². The Morgan fingerprint density at radius 1 is 1.29 bits per heavy atom. The molecule has 0 radical (unpaired) electrons. The topological polar surface area (TPSA) is 53.3 Å². The summed E-state index contributed by atoms with van der Waals surface area (Å²) in [6.07, 6.45) is 3.30. The monoisotopic (exact) mass is 408 g/mol. The van der Waals surface area contributed by atoms with E-state index in [2.05, 4.69) is 20.7 Å². The van der Waals surface area contributed by atoms with Crippen LogP contribution >= 0.6 is 12.2 Å². The van der Waals surface area contributed by atoms with Crippen molar-refractivity contribution in [2.75, 3.05) is 57.4 Å². The molecule has 8 heteroatoms. The molecule has 0 saturated carbocycles. The number of hydrogen-bond acceptors (Lipinski definition) is 4. The van der Waals surface area contributed by atoms with Crippen molar-refractivity contribution < 1.29 is 14.0 Å². The third kappa shape index (κ3) is 6.12. The Morgan fingerprint density at radius 2 is 2.04 bits per heavy atom. The van der Waals surface area contributed by atoms with E-state index < -0.39 is 0 Å². The molecule has 2 aliphatic rings. The molecule has 2 heterocycles. The number of benzene rings is 1. The fraction of sp³-hybridized carbons (Fsp3) is 0.600. The van der Waals surface area contributed by atoms with E-state index >= 15 is 0 Å². The molecule has 0 amide bonds. The van der Waals surface area contributed by atoms with Crippen LogP contribution in [0.1, 0.15) is 31.7 Å². The first-order chi connectivity index (χ1) is 13.6. The van der Waals surface area contributed by atoms with Gasteiger partial charge >= 0.3 is 0 Å². The predicted octanol–water partition coefficient (Wildman–Crippen LogP) is 0.919. The molecular formula is C20H31FN5OS+. The lowest BCUT2D eigenvalue weighted by Crippen LogP contribution is -3.14. The van der Waals surface area contributed by atoms with Crippen molar-refractivity contribution in [3.63, 3.8) is 0 Å². The molecule has 0 unspecified atom stereocenters. The third-order valence-electron chi connectivity index (χ3n) is 5.33. The van der Waals surface area contributed by atoms with Crippen LogP contribution in [0.4, 0.5) is 10.1 Å². The minimum atomic E-state index is -0.194. The van der Waals surface area contributed by atoms with Crippen LogP contribution in [-0.2, 0) is 4.74 Å². The molecule has 3 rings (SSSR count). The van der Waals surface area contributed by atoms with Crippen molar-refractivity contribution >= 4 is 28.7 Å². The molecular weight excluding hydrogens is 377 g/mol. The molecule has 2 aliphatic heterocycles. The van der Waals surface area contributed by atoms with Gasteiger partial charge in [0.05, 0.1) is 31.2 Å². The quantitative estimate of drug-likeness (QED) is 0.271. The minimum absolute atomic E-state index is 0.194. The van der Waals surface area contributed by atoms with Gasteiger partial charge in [-0.25, -0.2) is 4.39 Å². The largest absolute Gasteiger partial charge is 0.370 e. The van der Waals surface area contributed by atoms with Crippen LogP contribution in [0, 0.1) is 5.82 Å². The molecule has 3 N–H and O–H groups in total. The number of ether oxygens (including phenoxy) is 1. The third-order valence-corrected chi connectivity index (χ3v) is 5.57. The van der Waals surface area contributed by atoms with Crippen molar-refractivity contribution in [2.24, 2.45) is 5.10 Å². The van der Waals surface area contributed by atoms with E-state index in [0.29, 0.717) is 16.5 Å². The summed E-state index contributed by atoms with van der Waals surface area (Å²) >= 11 is 5.27. The van der Waals surface area contributed by atoms with Gasteiger partial charge in [-0.05, 0) is 44.1 Å². The highest BCUT2D eigenvalue weighted by Gasteiger charge is 2.16. The maximum absolute atomic E-state index is 14.5. The molecule has 154 valence electrons. The average molecular weight is 409 g/mol. The van der Waals surface area contributed by atoms with Gasteiger partial charge in [-0.3, -0.25) is 5.43 Å². The second kappa shape index (κ2) is 10.7. The van der Waals surface area contributed by atoms with Crippen LogP contribution in [0.5, 0.6) is 0 Å². The molecule has 28 heavy (non-hydrogen) atoms. The second-order valence-corrected chi connectivity index (χ2v) is 7.80. The van der Waals surface area contributed by atoms with E-state index in [1.165, 1.54) is 0 Å². The maximum atomic E-state index is 14.5. The lowest BCUT2D eigenvalue weighted by atomic mass is 10.1. The number of nitrogens with one attached hydrogen (secondary N) is 3. The average Bonchev–Trinajstić information content (AvgIpc) is 3.24. The highest BCUT2D eigenvalue weighted by atomic mass is 32.1.